The number of aromatic nitrogens is 2. The van der Waals surface area contributed by atoms with E-state index in [1.165, 1.54) is 11.6 Å². The van der Waals surface area contributed by atoms with Crippen LogP contribution >= 0.6 is 0 Å². The van der Waals surface area contributed by atoms with Crippen molar-refractivity contribution in [2.45, 2.75) is 13.8 Å². The molecule has 0 aliphatic rings. The van der Waals surface area contributed by atoms with Crippen molar-refractivity contribution < 1.29 is 0 Å². The molecule has 1 aromatic heterocycles. The summed E-state index contributed by atoms with van der Waals surface area (Å²) in [6.45, 7) is 7.27. The van der Waals surface area contributed by atoms with Crippen LogP contribution in [0.3, 0.4) is 0 Å². The van der Waals surface area contributed by atoms with Gasteiger partial charge >= 0.3 is 5.69 Å². The Kier molecular flexibility index (Phi) is 4.34. The zero-order chi connectivity index (χ0) is 11.3. The highest BCUT2D eigenvalue weighted by Gasteiger charge is 2.11. The van der Waals surface area contributed by atoms with E-state index in [0.717, 1.165) is 0 Å². The Labute approximate surface area is 82.0 Å². The fourth-order valence-electron chi connectivity index (χ4n) is 0.883. The molecule has 0 aliphatic heterocycles. The van der Waals surface area contributed by atoms with Gasteiger partial charge in [-0.3, -0.25) is 9.98 Å². The van der Waals surface area contributed by atoms with Crippen LogP contribution in [0.5, 0.6) is 0 Å². The Balaban J connectivity index is 0.000000791. The molecule has 0 saturated heterocycles. The zero-order valence-corrected chi connectivity index (χ0v) is 8.59. The van der Waals surface area contributed by atoms with E-state index in [1.54, 1.807) is 0 Å². The topological polar surface area (TPSA) is 100 Å². The van der Waals surface area contributed by atoms with Crippen LogP contribution in [0, 0.1) is 5.41 Å². The maximum atomic E-state index is 11.0. The first-order valence-electron chi connectivity index (χ1n) is 4.18. The summed E-state index contributed by atoms with van der Waals surface area (Å²) in [6.07, 6.45) is 0. The molecule has 14 heavy (non-hydrogen) atoms. The molecule has 0 aromatic carbocycles. The van der Waals surface area contributed by atoms with Gasteiger partial charge in [0.05, 0.1) is 0 Å². The first-order valence-corrected chi connectivity index (χ1v) is 4.18. The molecule has 0 saturated carbocycles. The number of nitrogens with two attached hydrogens (primary N) is 1. The molecule has 0 atom stereocenters. The monoisotopic (exact) mass is 197 g/mol. The molecule has 0 amide bonds. The Morgan fingerprint density at radius 1 is 1.64 bits per heavy atom. The molecule has 1 heterocycles. The molecule has 1 rings (SSSR count). The third-order valence-electron chi connectivity index (χ3n) is 1.50. The number of H-pyrrole nitrogens is 1. The van der Waals surface area contributed by atoms with E-state index in [4.69, 9.17) is 11.1 Å². The minimum absolute atomic E-state index is 0.206. The van der Waals surface area contributed by atoms with E-state index in [0.29, 0.717) is 0 Å². The van der Waals surface area contributed by atoms with Crippen LogP contribution in [0.4, 0.5) is 5.82 Å². The lowest BCUT2D eigenvalue weighted by atomic mass is 10.4. The lowest BCUT2D eigenvalue weighted by Crippen LogP contribution is -2.14. The van der Waals surface area contributed by atoms with Gasteiger partial charge in [0.2, 0.25) is 0 Å². The number of imidazole rings is 1. The van der Waals surface area contributed by atoms with Crippen molar-refractivity contribution in [3.63, 3.8) is 0 Å². The average molecular weight is 197 g/mol. The van der Waals surface area contributed by atoms with Crippen LogP contribution in [-0.2, 0) is 7.05 Å². The third kappa shape index (κ3) is 2.09. The first kappa shape index (κ1) is 12.2. The fourth-order valence-corrected chi connectivity index (χ4v) is 0.883. The molecular weight excluding hydrogens is 182 g/mol. The zero-order valence-electron chi connectivity index (χ0n) is 8.59. The lowest BCUT2D eigenvalue weighted by molar-refractivity contribution is 0.863. The average Bonchev–Trinajstić information content (AvgIpc) is 2.47. The van der Waals surface area contributed by atoms with E-state index in [9.17, 15) is 4.79 Å². The Hall–Kier alpha value is -1.85. The van der Waals surface area contributed by atoms with E-state index in [2.05, 4.69) is 16.7 Å². The molecule has 0 fully saturated rings. The van der Waals surface area contributed by atoms with Gasteiger partial charge < -0.3 is 10.7 Å². The Morgan fingerprint density at radius 2 is 2.14 bits per heavy atom. The van der Waals surface area contributed by atoms with Crippen molar-refractivity contribution in [2.24, 2.45) is 17.8 Å². The van der Waals surface area contributed by atoms with Gasteiger partial charge in [0.25, 0.3) is 0 Å². The molecule has 6 heteroatoms. The lowest BCUT2D eigenvalue weighted by Gasteiger charge is -1.95. The minimum atomic E-state index is -0.359. The van der Waals surface area contributed by atoms with Crippen LogP contribution in [0.2, 0.25) is 0 Å². The molecule has 0 aliphatic carbocycles. The summed E-state index contributed by atoms with van der Waals surface area (Å²) >= 11 is 0. The summed E-state index contributed by atoms with van der Waals surface area (Å²) in [5.41, 5.74) is 5.03. The fraction of sp³-hybridized carbons (Fsp3) is 0.375. The van der Waals surface area contributed by atoms with Gasteiger partial charge in [-0.25, -0.2) is 9.79 Å². The molecule has 0 spiro atoms. The first-order chi connectivity index (χ1) is 6.57. The van der Waals surface area contributed by atoms with Gasteiger partial charge in [-0.15, -0.1) is 0 Å². The number of nitrogens with zero attached hydrogens (tertiary/aromatic N) is 2. The smallest absolute Gasteiger partial charge is 0.327 e. The second kappa shape index (κ2) is 5.00. The quantitative estimate of drug-likeness (QED) is 0.471. The maximum Gasteiger partial charge on any atom is 0.327 e. The van der Waals surface area contributed by atoms with Gasteiger partial charge in [0.1, 0.15) is 11.5 Å². The SMILES string of the molecule is C=Nc1c(C(=N)N)[nH]c(=O)n1C.CC. The predicted octanol–water partition coefficient (Wildman–Crippen LogP) is 0.356. The van der Waals surface area contributed by atoms with Crippen LogP contribution in [-0.4, -0.2) is 22.1 Å². The highest BCUT2D eigenvalue weighted by molar-refractivity contribution is 5.97. The van der Waals surface area contributed by atoms with E-state index in [-0.39, 0.29) is 23.0 Å². The van der Waals surface area contributed by atoms with Crippen molar-refractivity contribution in [3.8, 4) is 0 Å². The van der Waals surface area contributed by atoms with E-state index >= 15 is 0 Å². The summed E-state index contributed by atoms with van der Waals surface area (Å²) in [6, 6.07) is 0. The highest BCUT2D eigenvalue weighted by atomic mass is 16.1. The maximum absolute atomic E-state index is 11.0. The molecular formula is C8H15N5O. The molecule has 0 unspecified atom stereocenters. The molecule has 4 N–H and O–H groups in total. The van der Waals surface area contributed by atoms with Crippen LogP contribution in [0.1, 0.15) is 19.5 Å². The molecule has 6 nitrogen and oxygen atoms in total. The summed E-state index contributed by atoms with van der Waals surface area (Å²) in [4.78, 5) is 17.0. The van der Waals surface area contributed by atoms with Crippen molar-refractivity contribution in [3.05, 3.63) is 16.2 Å². The van der Waals surface area contributed by atoms with Crippen molar-refractivity contribution >= 4 is 18.4 Å². The van der Waals surface area contributed by atoms with Crippen molar-refractivity contribution in [1.82, 2.24) is 9.55 Å². The van der Waals surface area contributed by atoms with Crippen LogP contribution < -0.4 is 11.4 Å². The summed E-state index contributed by atoms with van der Waals surface area (Å²) in [7, 11) is 1.52. The molecule has 1 aromatic rings. The number of nitrogens with one attached hydrogen (secondary N) is 2. The Morgan fingerprint density at radius 3 is 2.43 bits per heavy atom. The number of rotatable bonds is 2. The number of hydrogen-bond donors (Lipinski definition) is 3. The third-order valence-corrected chi connectivity index (χ3v) is 1.50. The normalized spacial score (nSPS) is 8.79. The minimum Gasteiger partial charge on any atom is -0.382 e. The second-order valence-electron chi connectivity index (χ2n) is 2.26. The van der Waals surface area contributed by atoms with E-state index in [1.807, 2.05) is 13.8 Å². The second-order valence-corrected chi connectivity index (χ2v) is 2.26. The largest absolute Gasteiger partial charge is 0.382 e. The number of amidine groups is 1. The van der Waals surface area contributed by atoms with E-state index < -0.39 is 0 Å². The number of aromatic amines is 1. The summed E-state index contributed by atoms with van der Waals surface area (Å²) < 4.78 is 1.24. The van der Waals surface area contributed by atoms with Crippen LogP contribution in [0.15, 0.2) is 9.79 Å². The Bertz CT molecular complexity index is 387. The molecule has 78 valence electrons. The standard InChI is InChI=1S/C6H9N5O.C2H6/c1-9-5-3(4(7)8)10-6(12)11(5)2;1-2/h1H2,2H3,(H3,7,8)(H,10,12);1-2H3. The van der Waals surface area contributed by atoms with Crippen LogP contribution in [0.25, 0.3) is 0 Å². The molecule has 0 bridgehead atoms. The van der Waals surface area contributed by atoms with Crippen molar-refractivity contribution in [2.75, 3.05) is 0 Å². The van der Waals surface area contributed by atoms with Gasteiger partial charge in [0.15, 0.2) is 5.82 Å². The highest BCUT2D eigenvalue weighted by Crippen LogP contribution is 2.11. The summed E-state index contributed by atoms with van der Waals surface area (Å²) in [5, 5.41) is 7.10. The van der Waals surface area contributed by atoms with Gasteiger partial charge in [0, 0.05) is 7.05 Å². The predicted molar refractivity (Wildman–Crippen MR) is 57.6 cm³/mol. The number of hydrogen-bond acceptors (Lipinski definition) is 3. The number of aliphatic imine (C=N–C) groups is 1. The van der Waals surface area contributed by atoms with Gasteiger partial charge in [-0.05, 0) is 6.72 Å². The molecule has 0 radical (unpaired) electrons. The van der Waals surface area contributed by atoms with Crippen molar-refractivity contribution in [1.29, 1.82) is 5.41 Å². The van der Waals surface area contributed by atoms with Gasteiger partial charge in [-0.2, -0.15) is 0 Å². The van der Waals surface area contributed by atoms with Gasteiger partial charge in [-0.1, -0.05) is 13.8 Å². The summed E-state index contributed by atoms with van der Waals surface area (Å²) in [5.74, 6) is 0.0580. The number of nitrogen functional groups attached to an aromatic ring is 1.